The highest BCUT2D eigenvalue weighted by molar-refractivity contribution is 6.32. The van der Waals surface area contributed by atoms with Crippen molar-refractivity contribution in [3.8, 4) is 5.75 Å². The van der Waals surface area contributed by atoms with Crippen molar-refractivity contribution in [3.05, 3.63) is 64.7 Å². The molecule has 1 unspecified atom stereocenters. The normalized spacial score (nSPS) is 19.1. The van der Waals surface area contributed by atoms with Gasteiger partial charge in [0.2, 0.25) is 0 Å². The summed E-state index contributed by atoms with van der Waals surface area (Å²) in [6, 6.07) is 11.5. The van der Waals surface area contributed by atoms with Gasteiger partial charge in [-0.1, -0.05) is 41.9 Å². The molecule has 1 N–H and O–H groups in total. The zero-order valence-electron chi connectivity index (χ0n) is 11.9. The first-order valence-corrected chi connectivity index (χ1v) is 7.60. The number of benzene rings is 2. The average molecular weight is 324 g/mol. The van der Waals surface area contributed by atoms with Crippen LogP contribution < -0.4 is 10.1 Å². The van der Waals surface area contributed by atoms with E-state index in [1.807, 2.05) is 30.3 Å². The van der Waals surface area contributed by atoms with E-state index in [-0.39, 0.29) is 22.8 Å². The van der Waals surface area contributed by atoms with Gasteiger partial charge in [0.1, 0.15) is 28.5 Å². The minimum Gasteiger partial charge on any atom is -0.484 e. The van der Waals surface area contributed by atoms with Gasteiger partial charge in [0.15, 0.2) is 0 Å². The van der Waals surface area contributed by atoms with E-state index in [2.05, 4.69) is 5.32 Å². The fourth-order valence-electron chi connectivity index (χ4n) is 2.77. The Hall–Kier alpha value is -1.65. The molecule has 0 saturated carbocycles. The van der Waals surface area contributed by atoms with E-state index in [0.717, 1.165) is 37.2 Å². The molecule has 1 heterocycles. The summed E-state index contributed by atoms with van der Waals surface area (Å²) in [7, 11) is 0. The number of hydrogen-bond acceptors (Lipinski definition) is 2. The molecule has 22 heavy (non-hydrogen) atoms. The van der Waals surface area contributed by atoms with Crippen molar-refractivity contribution in [1.29, 1.82) is 0 Å². The zero-order valence-corrected chi connectivity index (χ0v) is 12.6. The summed E-state index contributed by atoms with van der Waals surface area (Å²) in [4.78, 5) is 0. The van der Waals surface area contributed by atoms with Crippen LogP contribution in [-0.4, -0.2) is 13.1 Å². The highest BCUT2D eigenvalue weighted by atomic mass is 35.5. The van der Waals surface area contributed by atoms with Crippen LogP contribution in [0.15, 0.2) is 42.5 Å². The average Bonchev–Trinajstić information content (AvgIpc) is 3.04. The van der Waals surface area contributed by atoms with E-state index in [0.29, 0.717) is 0 Å². The Morgan fingerprint density at radius 3 is 2.64 bits per heavy atom. The minimum absolute atomic E-state index is 0.0416. The topological polar surface area (TPSA) is 21.3 Å². The molecule has 1 aliphatic rings. The van der Waals surface area contributed by atoms with E-state index < -0.39 is 11.6 Å². The lowest BCUT2D eigenvalue weighted by Gasteiger charge is -2.25. The summed E-state index contributed by atoms with van der Waals surface area (Å²) in [5, 5.41) is 3.10. The number of ether oxygens (including phenoxy) is 1. The Bertz CT molecular complexity index is 645. The predicted octanol–water partition coefficient (Wildman–Crippen LogP) is 4.35. The summed E-state index contributed by atoms with van der Waals surface area (Å²) >= 11 is 5.92. The molecule has 2 atom stereocenters. The minimum atomic E-state index is -0.812. The van der Waals surface area contributed by atoms with Crippen LogP contribution in [0.3, 0.4) is 0 Å². The van der Waals surface area contributed by atoms with Gasteiger partial charge >= 0.3 is 0 Å². The summed E-state index contributed by atoms with van der Waals surface area (Å²) in [6.07, 6.45) is 0.643. The van der Waals surface area contributed by atoms with Crippen molar-refractivity contribution in [2.45, 2.75) is 12.5 Å². The quantitative estimate of drug-likeness (QED) is 0.845. The summed E-state index contributed by atoms with van der Waals surface area (Å²) < 4.78 is 33.0. The predicted molar refractivity (Wildman–Crippen MR) is 82.2 cm³/mol. The Kier molecular flexibility index (Phi) is 4.60. The molecular weight excluding hydrogens is 308 g/mol. The van der Waals surface area contributed by atoms with Gasteiger partial charge in [-0.2, -0.15) is 0 Å². The lowest BCUT2D eigenvalue weighted by atomic mass is 9.95. The van der Waals surface area contributed by atoms with Crippen molar-refractivity contribution < 1.29 is 13.5 Å². The molecule has 0 aliphatic carbocycles. The van der Waals surface area contributed by atoms with Crippen LogP contribution in [0.25, 0.3) is 0 Å². The molecule has 3 rings (SSSR count). The van der Waals surface area contributed by atoms with E-state index in [1.165, 1.54) is 0 Å². The summed E-state index contributed by atoms with van der Waals surface area (Å²) in [6.45, 7) is 1.71. The van der Waals surface area contributed by atoms with Crippen molar-refractivity contribution in [3.63, 3.8) is 0 Å². The molecule has 0 aromatic heterocycles. The van der Waals surface area contributed by atoms with Crippen LogP contribution in [0.4, 0.5) is 8.78 Å². The molecule has 0 amide bonds. The third-order valence-corrected chi connectivity index (χ3v) is 4.24. The highest BCUT2D eigenvalue weighted by Crippen LogP contribution is 2.36. The number of rotatable bonds is 4. The van der Waals surface area contributed by atoms with Crippen molar-refractivity contribution in [2.75, 3.05) is 13.1 Å². The highest BCUT2D eigenvalue weighted by Gasteiger charge is 2.29. The number of hydrogen-bond donors (Lipinski definition) is 1. The first kappa shape index (κ1) is 15.3. The lowest BCUT2D eigenvalue weighted by Crippen LogP contribution is -2.21. The number of nitrogens with one attached hydrogen (secondary N) is 1. The van der Waals surface area contributed by atoms with Gasteiger partial charge in [0, 0.05) is 24.6 Å². The molecule has 0 radical (unpaired) electrons. The Morgan fingerprint density at radius 2 is 1.95 bits per heavy atom. The molecule has 5 heteroatoms. The van der Waals surface area contributed by atoms with Gasteiger partial charge in [0.05, 0.1) is 0 Å². The fraction of sp³-hybridized carbons (Fsp3) is 0.294. The molecule has 1 saturated heterocycles. The van der Waals surface area contributed by atoms with Gasteiger partial charge < -0.3 is 10.1 Å². The second kappa shape index (κ2) is 6.63. The molecule has 1 aliphatic heterocycles. The second-order valence-electron chi connectivity index (χ2n) is 5.40. The Labute approximate surface area is 133 Å². The maximum absolute atomic E-state index is 13.6. The van der Waals surface area contributed by atoms with E-state index >= 15 is 0 Å². The van der Waals surface area contributed by atoms with Gasteiger partial charge in [-0.25, -0.2) is 8.78 Å². The first-order valence-electron chi connectivity index (χ1n) is 7.22. The molecule has 1 fully saturated rings. The maximum Gasteiger partial charge on any atom is 0.148 e. The molecule has 0 bridgehead atoms. The van der Waals surface area contributed by atoms with Crippen LogP contribution in [0.5, 0.6) is 5.75 Å². The van der Waals surface area contributed by atoms with Gasteiger partial charge in [-0.15, -0.1) is 0 Å². The van der Waals surface area contributed by atoms with E-state index in [9.17, 15) is 8.78 Å². The zero-order chi connectivity index (χ0) is 15.5. The van der Waals surface area contributed by atoms with Crippen LogP contribution in [0.2, 0.25) is 5.02 Å². The molecular formula is C17H16ClF2NO. The first-order chi connectivity index (χ1) is 10.6. The van der Waals surface area contributed by atoms with E-state index in [1.54, 1.807) is 0 Å². The molecule has 2 aromatic rings. The van der Waals surface area contributed by atoms with E-state index in [4.69, 9.17) is 16.3 Å². The van der Waals surface area contributed by atoms with Crippen LogP contribution in [0.1, 0.15) is 18.1 Å². The van der Waals surface area contributed by atoms with Crippen molar-refractivity contribution in [1.82, 2.24) is 5.32 Å². The second-order valence-corrected chi connectivity index (χ2v) is 5.78. The van der Waals surface area contributed by atoms with Crippen molar-refractivity contribution in [2.24, 2.45) is 5.92 Å². The van der Waals surface area contributed by atoms with Crippen LogP contribution in [0, 0.1) is 17.6 Å². The third kappa shape index (κ3) is 3.23. The van der Waals surface area contributed by atoms with Gasteiger partial charge in [0.25, 0.3) is 0 Å². The van der Waals surface area contributed by atoms with Crippen LogP contribution >= 0.6 is 11.6 Å². The SMILES string of the molecule is Fc1cc(F)c(Cl)c(OC(c2ccccc2)[C@@H]2CCNC2)c1. The molecule has 2 aromatic carbocycles. The standard InChI is InChI=1S/C17H16ClF2NO/c18-16-14(20)8-13(19)9-15(16)22-17(12-6-7-21-10-12)11-4-2-1-3-5-11/h1-5,8-9,12,17,21H,6-7,10H2/t12-,17?/m1/s1. The Morgan fingerprint density at radius 1 is 1.18 bits per heavy atom. The van der Waals surface area contributed by atoms with Crippen LogP contribution in [-0.2, 0) is 0 Å². The number of halogens is 3. The third-order valence-electron chi connectivity index (χ3n) is 3.87. The smallest absolute Gasteiger partial charge is 0.148 e. The lowest BCUT2D eigenvalue weighted by molar-refractivity contribution is 0.143. The summed E-state index contributed by atoms with van der Waals surface area (Å²) in [5.41, 5.74) is 0.969. The largest absolute Gasteiger partial charge is 0.484 e. The van der Waals surface area contributed by atoms with Gasteiger partial charge in [-0.3, -0.25) is 0 Å². The Balaban J connectivity index is 1.93. The molecule has 0 spiro atoms. The van der Waals surface area contributed by atoms with Crippen molar-refractivity contribution >= 4 is 11.6 Å². The monoisotopic (exact) mass is 323 g/mol. The van der Waals surface area contributed by atoms with Gasteiger partial charge in [-0.05, 0) is 18.5 Å². The molecule has 116 valence electrons. The maximum atomic E-state index is 13.6. The molecule has 2 nitrogen and oxygen atoms in total. The fourth-order valence-corrected chi connectivity index (χ4v) is 2.92. The summed E-state index contributed by atoms with van der Waals surface area (Å²) in [5.74, 6) is -1.24.